The zero-order valence-corrected chi connectivity index (χ0v) is 19.8. The van der Waals surface area contributed by atoms with E-state index in [9.17, 15) is 9.90 Å². The molecule has 0 saturated carbocycles. The Bertz CT molecular complexity index is 1030. The van der Waals surface area contributed by atoms with Crippen LogP contribution in [0, 0.1) is 11.8 Å². The lowest BCUT2D eigenvalue weighted by Gasteiger charge is -2.25. The Morgan fingerprint density at radius 1 is 1.00 bits per heavy atom. The highest BCUT2D eigenvalue weighted by Gasteiger charge is 2.33. The number of fused-ring (bicyclic) bond motifs is 1. The lowest BCUT2D eigenvalue weighted by atomic mass is 9.89. The fourth-order valence-electron chi connectivity index (χ4n) is 4.53. The van der Waals surface area contributed by atoms with Crippen LogP contribution in [-0.2, 0) is 17.6 Å². The molecule has 0 aliphatic heterocycles. The van der Waals surface area contributed by atoms with E-state index < -0.39 is 6.10 Å². The first-order valence-corrected chi connectivity index (χ1v) is 12.5. The summed E-state index contributed by atoms with van der Waals surface area (Å²) in [6.45, 7) is 3.00. The summed E-state index contributed by atoms with van der Waals surface area (Å²) < 4.78 is 3.45. The number of nitrogens with one attached hydrogen (secondary N) is 2. The van der Waals surface area contributed by atoms with Gasteiger partial charge in [0.15, 0.2) is 0 Å². The molecule has 0 bridgehead atoms. The number of hydrogen-bond acceptors (Lipinski definition) is 4. The van der Waals surface area contributed by atoms with Crippen LogP contribution in [0.25, 0.3) is 0 Å². The number of amides is 1. The molecule has 4 atom stereocenters. The van der Waals surface area contributed by atoms with Gasteiger partial charge in [0.25, 0.3) is 0 Å². The lowest BCUT2D eigenvalue weighted by Crippen LogP contribution is -2.39. The first kappa shape index (κ1) is 23.6. The van der Waals surface area contributed by atoms with Gasteiger partial charge in [0, 0.05) is 23.8 Å². The molecule has 5 heteroatoms. The molecule has 3 aromatic rings. The van der Waals surface area contributed by atoms with Gasteiger partial charge in [-0.3, -0.25) is 9.52 Å². The van der Waals surface area contributed by atoms with E-state index in [-0.39, 0.29) is 17.9 Å². The summed E-state index contributed by atoms with van der Waals surface area (Å²) in [6.07, 6.45) is 1.47. The molecular weight excluding hydrogens is 428 g/mol. The van der Waals surface area contributed by atoms with Gasteiger partial charge in [-0.15, -0.1) is 0 Å². The molecule has 172 valence electrons. The summed E-state index contributed by atoms with van der Waals surface area (Å²) in [5.41, 5.74) is 3.31. The Morgan fingerprint density at radius 2 is 1.67 bits per heavy atom. The van der Waals surface area contributed by atoms with Crippen molar-refractivity contribution in [1.29, 1.82) is 0 Å². The van der Waals surface area contributed by atoms with Crippen molar-refractivity contribution in [3.05, 3.63) is 102 Å². The summed E-state index contributed by atoms with van der Waals surface area (Å²) in [5.74, 6) is 0.175. The minimum atomic E-state index is -0.579. The summed E-state index contributed by atoms with van der Waals surface area (Å²) >= 11 is 1.62. The Labute approximate surface area is 201 Å². The Hall–Kier alpha value is -2.60. The summed E-state index contributed by atoms with van der Waals surface area (Å²) in [5, 5.41) is 13.8. The minimum Gasteiger partial charge on any atom is -0.390 e. The van der Waals surface area contributed by atoms with Gasteiger partial charge in [-0.05, 0) is 59.5 Å². The smallest absolute Gasteiger partial charge is 0.224 e. The second-order valence-corrected chi connectivity index (χ2v) is 9.91. The summed E-state index contributed by atoms with van der Waals surface area (Å²) in [7, 11) is 0. The highest BCUT2D eigenvalue weighted by atomic mass is 32.2. The Balaban J connectivity index is 1.40. The molecule has 0 spiro atoms. The van der Waals surface area contributed by atoms with E-state index >= 15 is 0 Å². The third-order valence-electron chi connectivity index (χ3n) is 6.25. The molecule has 0 fully saturated rings. The van der Waals surface area contributed by atoms with Crippen molar-refractivity contribution in [2.75, 3.05) is 6.54 Å². The van der Waals surface area contributed by atoms with E-state index in [1.54, 1.807) is 11.9 Å². The van der Waals surface area contributed by atoms with Crippen molar-refractivity contribution in [1.82, 2.24) is 10.0 Å². The number of aliphatic hydroxyl groups is 1. The van der Waals surface area contributed by atoms with Crippen LogP contribution >= 0.6 is 11.9 Å². The van der Waals surface area contributed by atoms with E-state index in [1.807, 2.05) is 60.7 Å². The van der Waals surface area contributed by atoms with E-state index in [4.69, 9.17) is 0 Å². The van der Waals surface area contributed by atoms with Gasteiger partial charge >= 0.3 is 0 Å². The van der Waals surface area contributed by atoms with Crippen molar-refractivity contribution in [3.63, 3.8) is 0 Å². The van der Waals surface area contributed by atoms with E-state index in [0.717, 1.165) is 29.7 Å². The first-order chi connectivity index (χ1) is 16.1. The third-order valence-corrected chi connectivity index (χ3v) is 7.07. The van der Waals surface area contributed by atoms with Gasteiger partial charge in [0.05, 0.1) is 12.1 Å². The second-order valence-electron chi connectivity index (χ2n) is 8.95. The predicted octanol–water partition coefficient (Wildman–Crippen LogP) is 4.94. The molecule has 3 N–H and O–H groups in total. The van der Waals surface area contributed by atoms with Crippen LogP contribution in [0.15, 0.2) is 89.8 Å². The van der Waals surface area contributed by atoms with Crippen LogP contribution in [0.1, 0.15) is 36.1 Å². The molecule has 33 heavy (non-hydrogen) atoms. The maximum absolute atomic E-state index is 13.4. The van der Waals surface area contributed by atoms with E-state index in [2.05, 4.69) is 41.2 Å². The molecule has 1 aliphatic carbocycles. The normalized spacial score (nSPS) is 19.0. The first-order valence-electron chi connectivity index (χ1n) is 11.6. The van der Waals surface area contributed by atoms with Crippen LogP contribution in [0.3, 0.4) is 0 Å². The highest BCUT2D eigenvalue weighted by Crippen LogP contribution is 2.32. The monoisotopic (exact) mass is 460 g/mol. The zero-order chi connectivity index (χ0) is 23.0. The zero-order valence-electron chi connectivity index (χ0n) is 19.0. The second kappa shape index (κ2) is 11.5. The summed E-state index contributed by atoms with van der Waals surface area (Å²) in [4.78, 5) is 14.6. The molecule has 0 aromatic heterocycles. The molecule has 1 aliphatic rings. The average Bonchev–Trinajstić information content (AvgIpc) is 3.15. The van der Waals surface area contributed by atoms with Crippen molar-refractivity contribution in [2.45, 2.75) is 43.2 Å². The Kier molecular flexibility index (Phi) is 8.21. The number of carbonyl (C=O) groups is 1. The van der Waals surface area contributed by atoms with E-state index in [1.165, 1.54) is 4.90 Å². The van der Waals surface area contributed by atoms with Crippen LogP contribution in [0.2, 0.25) is 0 Å². The number of rotatable bonds is 10. The van der Waals surface area contributed by atoms with Gasteiger partial charge in [-0.25, -0.2) is 0 Å². The van der Waals surface area contributed by atoms with Gasteiger partial charge in [0.2, 0.25) is 5.91 Å². The topological polar surface area (TPSA) is 61.4 Å². The SMILES string of the molecule is CC(CNSc1ccccc1)CC(Cc1ccccc1)C(=O)NC1c2ccccc2CC1O. The molecular formula is C28H32N2O2S. The van der Waals surface area contributed by atoms with Crippen molar-refractivity contribution in [3.8, 4) is 0 Å². The van der Waals surface area contributed by atoms with Crippen molar-refractivity contribution in [2.24, 2.45) is 11.8 Å². The van der Waals surface area contributed by atoms with Gasteiger partial charge < -0.3 is 10.4 Å². The predicted molar refractivity (Wildman–Crippen MR) is 135 cm³/mol. The van der Waals surface area contributed by atoms with Crippen LogP contribution in [0.5, 0.6) is 0 Å². The summed E-state index contributed by atoms with van der Waals surface area (Å²) in [6, 6.07) is 28.1. The molecule has 4 unspecified atom stereocenters. The van der Waals surface area contributed by atoms with Crippen molar-refractivity contribution < 1.29 is 9.90 Å². The van der Waals surface area contributed by atoms with Crippen LogP contribution in [0.4, 0.5) is 0 Å². The van der Waals surface area contributed by atoms with Crippen LogP contribution < -0.4 is 10.0 Å². The highest BCUT2D eigenvalue weighted by molar-refractivity contribution is 7.97. The molecule has 4 rings (SSSR count). The number of carbonyl (C=O) groups excluding carboxylic acids is 1. The lowest BCUT2D eigenvalue weighted by molar-refractivity contribution is -0.127. The third kappa shape index (κ3) is 6.47. The molecule has 0 heterocycles. The molecule has 1 amide bonds. The molecule has 0 saturated heterocycles. The quantitative estimate of drug-likeness (QED) is 0.375. The molecule has 4 nitrogen and oxygen atoms in total. The van der Waals surface area contributed by atoms with Crippen LogP contribution in [-0.4, -0.2) is 23.7 Å². The maximum Gasteiger partial charge on any atom is 0.224 e. The maximum atomic E-state index is 13.4. The van der Waals surface area contributed by atoms with Crippen molar-refractivity contribution >= 4 is 17.9 Å². The minimum absolute atomic E-state index is 0.0159. The number of hydrogen-bond donors (Lipinski definition) is 3. The van der Waals surface area contributed by atoms with E-state index in [0.29, 0.717) is 18.8 Å². The molecule has 3 aromatic carbocycles. The largest absolute Gasteiger partial charge is 0.390 e. The fourth-order valence-corrected chi connectivity index (χ4v) is 5.35. The van der Waals surface area contributed by atoms with Gasteiger partial charge in [0.1, 0.15) is 0 Å². The molecule has 0 radical (unpaired) electrons. The Morgan fingerprint density at radius 3 is 2.42 bits per heavy atom. The standard InChI is InChI=1S/C28H32N2O2S/c1-20(19-29-33-24-13-6-3-7-14-24)16-23(17-21-10-4-2-5-11-21)28(32)30-27-25-15-9-8-12-22(25)18-26(27)31/h2-15,20,23,26-27,29,31H,16-19H2,1H3,(H,30,32). The number of benzene rings is 3. The number of aliphatic hydroxyl groups excluding tert-OH is 1. The van der Waals surface area contributed by atoms with Gasteiger partial charge in [-0.2, -0.15) is 0 Å². The fraction of sp³-hybridized carbons (Fsp3) is 0.321. The average molecular weight is 461 g/mol. The van der Waals surface area contributed by atoms with Gasteiger partial charge in [-0.1, -0.05) is 79.7 Å².